The molecule has 1 fully saturated rings. The van der Waals surface area contributed by atoms with Crippen molar-refractivity contribution >= 4 is 21.6 Å². The minimum Gasteiger partial charge on any atom is -0.371 e. The lowest BCUT2D eigenvalue weighted by atomic mass is 10.0. The van der Waals surface area contributed by atoms with Crippen LogP contribution < -0.4 is 10.2 Å². The normalized spacial score (nSPS) is 16.4. The van der Waals surface area contributed by atoms with Crippen LogP contribution in [0.15, 0.2) is 22.7 Å². The van der Waals surface area contributed by atoms with Crippen molar-refractivity contribution in [3.05, 3.63) is 28.2 Å². The highest BCUT2D eigenvalue weighted by atomic mass is 79.9. The van der Waals surface area contributed by atoms with Crippen LogP contribution in [0.1, 0.15) is 44.7 Å². The summed E-state index contributed by atoms with van der Waals surface area (Å²) in [7, 11) is 2.03. The molecule has 2 nitrogen and oxygen atoms in total. The quantitative estimate of drug-likeness (QED) is 0.801. The lowest BCUT2D eigenvalue weighted by Crippen LogP contribution is -2.29. The number of nitrogens with zero attached hydrogens (tertiary/aromatic N) is 1. The first-order valence-electron chi connectivity index (χ1n) is 7.37. The highest BCUT2D eigenvalue weighted by Gasteiger charge is 2.25. The molecular formula is C16H25BrN2. The maximum absolute atomic E-state index is 3.60. The second-order valence-electron chi connectivity index (χ2n) is 5.60. The fraction of sp³-hybridized carbons (Fsp3) is 0.625. The number of halogens is 1. The molecule has 1 aromatic carbocycles. The molecule has 0 bridgehead atoms. The van der Waals surface area contributed by atoms with E-state index in [-0.39, 0.29) is 0 Å². The molecule has 0 spiro atoms. The Hall–Kier alpha value is -0.540. The first-order valence-corrected chi connectivity index (χ1v) is 8.16. The third-order valence-corrected chi connectivity index (χ3v) is 4.39. The second kappa shape index (κ2) is 6.76. The molecule has 1 aliphatic rings. The molecule has 0 aromatic heterocycles. The largest absolute Gasteiger partial charge is 0.371 e. The molecule has 1 aliphatic carbocycles. The summed E-state index contributed by atoms with van der Waals surface area (Å²) in [6.45, 7) is 6.87. The maximum atomic E-state index is 3.60. The van der Waals surface area contributed by atoms with Gasteiger partial charge in [0, 0.05) is 29.3 Å². The molecule has 3 heteroatoms. The van der Waals surface area contributed by atoms with Crippen LogP contribution in [0.5, 0.6) is 0 Å². The first-order chi connectivity index (χ1) is 9.15. The van der Waals surface area contributed by atoms with E-state index in [4.69, 9.17) is 0 Å². The fourth-order valence-corrected chi connectivity index (χ4v) is 2.89. The second-order valence-corrected chi connectivity index (χ2v) is 6.52. The van der Waals surface area contributed by atoms with Crippen LogP contribution in [0, 0.1) is 5.92 Å². The van der Waals surface area contributed by atoms with Crippen molar-refractivity contribution in [1.82, 2.24) is 5.32 Å². The molecule has 0 saturated heterocycles. The van der Waals surface area contributed by atoms with Crippen molar-refractivity contribution in [2.45, 2.75) is 39.2 Å². The molecule has 0 heterocycles. The number of hydrogen-bond donors (Lipinski definition) is 1. The molecular weight excluding hydrogens is 300 g/mol. The summed E-state index contributed by atoms with van der Waals surface area (Å²) in [6.07, 6.45) is 4.03. The van der Waals surface area contributed by atoms with Gasteiger partial charge in [-0.15, -0.1) is 0 Å². The van der Waals surface area contributed by atoms with Crippen molar-refractivity contribution in [3.8, 4) is 0 Å². The Morgan fingerprint density at radius 2 is 2.16 bits per heavy atom. The lowest BCUT2D eigenvalue weighted by Gasteiger charge is -2.29. The lowest BCUT2D eigenvalue weighted by molar-refractivity contribution is 0.639. The summed E-state index contributed by atoms with van der Waals surface area (Å²) in [5.74, 6) is 0.924. The maximum Gasteiger partial charge on any atom is 0.0415 e. The SMILES string of the molecule is CCCN(CC1CC1)c1ccc(Br)cc1C(C)NC. The van der Waals surface area contributed by atoms with E-state index in [9.17, 15) is 0 Å². The zero-order chi connectivity index (χ0) is 13.8. The van der Waals surface area contributed by atoms with Crippen molar-refractivity contribution in [2.75, 3.05) is 25.0 Å². The highest BCUT2D eigenvalue weighted by molar-refractivity contribution is 9.10. The number of rotatable bonds is 7. The number of hydrogen-bond acceptors (Lipinski definition) is 2. The van der Waals surface area contributed by atoms with Gasteiger partial charge in [0.25, 0.3) is 0 Å². The van der Waals surface area contributed by atoms with Crippen LogP contribution in [-0.4, -0.2) is 20.1 Å². The minimum atomic E-state index is 0.381. The Kier molecular flexibility index (Phi) is 5.28. The van der Waals surface area contributed by atoms with Crippen LogP contribution in [0.25, 0.3) is 0 Å². The van der Waals surface area contributed by atoms with Crippen molar-refractivity contribution in [2.24, 2.45) is 5.92 Å². The fourth-order valence-electron chi connectivity index (χ4n) is 2.51. The Morgan fingerprint density at radius 1 is 1.42 bits per heavy atom. The van der Waals surface area contributed by atoms with Gasteiger partial charge in [-0.25, -0.2) is 0 Å². The topological polar surface area (TPSA) is 15.3 Å². The average Bonchev–Trinajstić information content (AvgIpc) is 3.21. The number of anilines is 1. The van der Waals surface area contributed by atoms with Gasteiger partial charge in [0.2, 0.25) is 0 Å². The number of nitrogens with one attached hydrogen (secondary N) is 1. The zero-order valence-electron chi connectivity index (χ0n) is 12.2. The van der Waals surface area contributed by atoms with E-state index in [1.165, 1.54) is 37.1 Å². The van der Waals surface area contributed by atoms with Gasteiger partial charge < -0.3 is 10.2 Å². The van der Waals surface area contributed by atoms with E-state index in [1.54, 1.807) is 0 Å². The van der Waals surface area contributed by atoms with Crippen molar-refractivity contribution in [1.29, 1.82) is 0 Å². The molecule has 1 unspecified atom stereocenters. The summed E-state index contributed by atoms with van der Waals surface area (Å²) in [4.78, 5) is 2.58. The Balaban J connectivity index is 2.27. The smallest absolute Gasteiger partial charge is 0.0415 e. The molecule has 1 atom stereocenters. The van der Waals surface area contributed by atoms with Gasteiger partial charge in [-0.3, -0.25) is 0 Å². The van der Waals surface area contributed by atoms with Crippen molar-refractivity contribution in [3.63, 3.8) is 0 Å². The summed E-state index contributed by atoms with van der Waals surface area (Å²) in [5, 5.41) is 3.37. The molecule has 19 heavy (non-hydrogen) atoms. The Morgan fingerprint density at radius 3 is 2.74 bits per heavy atom. The summed E-state index contributed by atoms with van der Waals surface area (Å²) < 4.78 is 1.16. The van der Waals surface area contributed by atoms with E-state index in [1.807, 2.05) is 7.05 Å². The van der Waals surface area contributed by atoms with E-state index >= 15 is 0 Å². The van der Waals surface area contributed by atoms with Crippen LogP contribution in [0.4, 0.5) is 5.69 Å². The van der Waals surface area contributed by atoms with Gasteiger partial charge in [0.05, 0.1) is 0 Å². The first kappa shape index (κ1) is 14.9. The van der Waals surface area contributed by atoms with E-state index in [2.05, 4.69) is 58.2 Å². The third kappa shape index (κ3) is 3.96. The molecule has 2 rings (SSSR count). The molecule has 106 valence electrons. The Labute approximate surface area is 125 Å². The van der Waals surface area contributed by atoms with Gasteiger partial charge in [0.15, 0.2) is 0 Å². The number of benzene rings is 1. The van der Waals surface area contributed by atoms with Gasteiger partial charge in [0.1, 0.15) is 0 Å². The predicted molar refractivity (Wildman–Crippen MR) is 86.8 cm³/mol. The van der Waals surface area contributed by atoms with Gasteiger partial charge >= 0.3 is 0 Å². The molecule has 1 N–H and O–H groups in total. The molecule has 0 aliphatic heterocycles. The van der Waals surface area contributed by atoms with Crippen LogP contribution in [-0.2, 0) is 0 Å². The predicted octanol–water partition coefficient (Wildman–Crippen LogP) is 4.36. The van der Waals surface area contributed by atoms with Gasteiger partial charge in [-0.05, 0) is 62.9 Å². The minimum absolute atomic E-state index is 0.381. The van der Waals surface area contributed by atoms with E-state index < -0.39 is 0 Å². The summed E-state index contributed by atoms with van der Waals surface area (Å²) in [6, 6.07) is 7.07. The molecule has 1 aromatic rings. The summed E-state index contributed by atoms with van der Waals surface area (Å²) >= 11 is 3.60. The van der Waals surface area contributed by atoms with Crippen LogP contribution in [0.2, 0.25) is 0 Å². The monoisotopic (exact) mass is 324 g/mol. The summed E-state index contributed by atoms with van der Waals surface area (Å²) in [5.41, 5.74) is 2.80. The Bertz CT molecular complexity index is 415. The molecule has 0 amide bonds. The zero-order valence-corrected chi connectivity index (χ0v) is 13.8. The third-order valence-electron chi connectivity index (χ3n) is 3.90. The van der Waals surface area contributed by atoms with Crippen molar-refractivity contribution < 1.29 is 0 Å². The highest BCUT2D eigenvalue weighted by Crippen LogP contribution is 2.35. The average molecular weight is 325 g/mol. The van der Waals surface area contributed by atoms with E-state index in [0.29, 0.717) is 6.04 Å². The molecule has 1 saturated carbocycles. The van der Waals surface area contributed by atoms with Crippen LogP contribution in [0.3, 0.4) is 0 Å². The van der Waals surface area contributed by atoms with Gasteiger partial charge in [-0.1, -0.05) is 22.9 Å². The van der Waals surface area contributed by atoms with Crippen LogP contribution >= 0.6 is 15.9 Å². The molecule has 0 radical (unpaired) electrons. The van der Waals surface area contributed by atoms with E-state index in [0.717, 1.165) is 16.9 Å². The standard InChI is InChI=1S/C16H25BrN2/c1-4-9-19(11-13-5-6-13)16-8-7-14(17)10-15(16)12(2)18-3/h7-8,10,12-13,18H,4-6,9,11H2,1-3H3. The van der Waals surface area contributed by atoms with Gasteiger partial charge in [-0.2, -0.15) is 0 Å².